The average Bonchev–Trinajstić information content (AvgIpc) is 2.76. The van der Waals surface area contributed by atoms with E-state index in [0.717, 1.165) is 0 Å². The number of carbonyl (C=O) groups is 2. The molecule has 1 aromatic carbocycles. The first-order chi connectivity index (χ1) is 14.3. The molecule has 0 heterocycles. The van der Waals surface area contributed by atoms with Gasteiger partial charge in [-0.15, -0.1) is 0 Å². The Hall–Kier alpha value is -4.14. The Bertz CT molecular complexity index is 1020. The molecule has 8 heteroatoms. The second kappa shape index (κ2) is 11.0. The monoisotopic (exact) mass is 404 g/mol. The molecule has 8 nitrogen and oxygen atoms in total. The number of esters is 2. The van der Waals surface area contributed by atoms with Gasteiger partial charge in [0.05, 0.1) is 26.1 Å². The van der Waals surface area contributed by atoms with Crippen molar-refractivity contribution in [3.05, 3.63) is 33.7 Å². The van der Waals surface area contributed by atoms with Crippen LogP contribution in [0.5, 0.6) is 0 Å². The van der Waals surface area contributed by atoms with Crippen LogP contribution in [0, 0.1) is 57.2 Å². The molecule has 152 valence electrons. The average molecular weight is 404 g/mol. The molecule has 2 atom stereocenters. The number of nitrogens with zero attached hydrogens (tertiary/aromatic N) is 4. The van der Waals surface area contributed by atoms with E-state index in [1.807, 2.05) is 24.3 Å². The summed E-state index contributed by atoms with van der Waals surface area (Å²) in [4.78, 5) is 23.7. The maximum absolute atomic E-state index is 11.9. The molecule has 2 unspecified atom stereocenters. The van der Waals surface area contributed by atoms with Crippen molar-refractivity contribution in [1.29, 1.82) is 21.0 Å². The van der Waals surface area contributed by atoms with E-state index in [9.17, 15) is 30.6 Å². The van der Waals surface area contributed by atoms with Crippen LogP contribution in [0.4, 0.5) is 0 Å². The summed E-state index contributed by atoms with van der Waals surface area (Å²) in [6, 6.07) is 10.3. The lowest BCUT2D eigenvalue weighted by Gasteiger charge is -2.14. The summed E-state index contributed by atoms with van der Waals surface area (Å²) in [6.45, 7) is 3.25. The van der Waals surface area contributed by atoms with Crippen LogP contribution >= 0.6 is 0 Å². The summed E-state index contributed by atoms with van der Waals surface area (Å²) in [5, 5.41) is 38.1. The fraction of sp³-hybridized carbons (Fsp3) is 0.364. The second-order valence-corrected chi connectivity index (χ2v) is 6.62. The summed E-state index contributed by atoms with van der Waals surface area (Å²) in [5.41, 5.74) is 0.518. The van der Waals surface area contributed by atoms with Gasteiger partial charge in [-0.05, 0) is 36.1 Å². The van der Waals surface area contributed by atoms with Crippen LogP contribution in [-0.2, 0) is 31.9 Å². The second-order valence-electron chi connectivity index (χ2n) is 6.62. The van der Waals surface area contributed by atoms with E-state index in [1.165, 1.54) is 26.4 Å². The molecule has 0 N–H and O–H groups in total. The van der Waals surface area contributed by atoms with Gasteiger partial charge in [-0.3, -0.25) is 9.59 Å². The molecular weight excluding hydrogens is 384 g/mol. The topological polar surface area (TPSA) is 148 Å². The van der Waals surface area contributed by atoms with Crippen molar-refractivity contribution in [2.45, 2.75) is 26.7 Å². The number of carbonyl (C=O) groups excluding carboxylic acids is 2. The van der Waals surface area contributed by atoms with Crippen LogP contribution in [-0.4, -0.2) is 26.2 Å². The van der Waals surface area contributed by atoms with Gasteiger partial charge in [-0.1, -0.05) is 13.8 Å². The Kier molecular flexibility index (Phi) is 8.77. The van der Waals surface area contributed by atoms with Gasteiger partial charge in [0.1, 0.15) is 35.4 Å². The number of benzene rings is 1. The SMILES string of the molecule is COC(=O)C(C)Cc1cc(=C(C#N)C#N)c(CC(C)C(=O)OC)cc1=C(C#N)C#N. The predicted molar refractivity (Wildman–Crippen MR) is 105 cm³/mol. The Morgan fingerprint density at radius 2 is 1.07 bits per heavy atom. The summed E-state index contributed by atoms with van der Waals surface area (Å²) in [5.74, 6) is -2.14. The molecule has 1 rings (SSSR count). The maximum Gasteiger partial charge on any atom is 0.308 e. The highest BCUT2D eigenvalue weighted by Crippen LogP contribution is 2.11. The first-order valence-electron chi connectivity index (χ1n) is 8.94. The first kappa shape index (κ1) is 23.9. The maximum atomic E-state index is 11.9. The van der Waals surface area contributed by atoms with Crippen LogP contribution in [0.15, 0.2) is 12.1 Å². The zero-order valence-corrected chi connectivity index (χ0v) is 17.1. The zero-order chi connectivity index (χ0) is 22.8. The highest BCUT2D eigenvalue weighted by Gasteiger charge is 2.19. The quantitative estimate of drug-likeness (QED) is 0.632. The number of hydrogen-bond donors (Lipinski definition) is 0. The van der Waals surface area contributed by atoms with Crippen molar-refractivity contribution in [3.8, 4) is 24.3 Å². The molecule has 0 radical (unpaired) electrons. The van der Waals surface area contributed by atoms with Crippen LogP contribution in [0.1, 0.15) is 25.0 Å². The van der Waals surface area contributed by atoms with Crippen molar-refractivity contribution in [3.63, 3.8) is 0 Å². The summed E-state index contributed by atoms with van der Waals surface area (Å²) >= 11 is 0. The van der Waals surface area contributed by atoms with E-state index in [0.29, 0.717) is 11.1 Å². The van der Waals surface area contributed by atoms with Crippen molar-refractivity contribution in [1.82, 2.24) is 0 Å². The molecule has 0 amide bonds. The number of methoxy groups -OCH3 is 2. The Morgan fingerprint density at radius 1 is 0.767 bits per heavy atom. The van der Waals surface area contributed by atoms with Gasteiger partial charge >= 0.3 is 11.9 Å². The van der Waals surface area contributed by atoms with Gasteiger partial charge in [0.25, 0.3) is 0 Å². The predicted octanol–water partition coefficient (Wildman–Crippen LogP) is 0.786. The molecule has 0 aromatic heterocycles. The molecule has 1 aromatic rings. The van der Waals surface area contributed by atoms with Crippen LogP contribution in [0.3, 0.4) is 0 Å². The van der Waals surface area contributed by atoms with Crippen molar-refractivity contribution in [2.24, 2.45) is 11.8 Å². The van der Waals surface area contributed by atoms with Crippen LogP contribution < -0.4 is 10.4 Å². The lowest BCUT2D eigenvalue weighted by Crippen LogP contribution is -2.28. The third-order valence-corrected chi connectivity index (χ3v) is 4.57. The zero-order valence-electron chi connectivity index (χ0n) is 17.1. The number of hydrogen-bond acceptors (Lipinski definition) is 8. The number of rotatable bonds is 6. The molecule has 30 heavy (non-hydrogen) atoms. The van der Waals surface area contributed by atoms with Crippen LogP contribution in [0.25, 0.3) is 11.1 Å². The van der Waals surface area contributed by atoms with Gasteiger partial charge in [0, 0.05) is 10.4 Å². The molecule has 0 fully saturated rings. The molecule has 0 aliphatic heterocycles. The van der Waals surface area contributed by atoms with E-state index >= 15 is 0 Å². The number of ether oxygens (including phenoxy) is 2. The normalized spacial score (nSPS) is 11.5. The van der Waals surface area contributed by atoms with E-state index in [4.69, 9.17) is 9.47 Å². The number of nitriles is 4. The van der Waals surface area contributed by atoms with Gasteiger partial charge in [-0.2, -0.15) is 21.0 Å². The van der Waals surface area contributed by atoms with Gasteiger partial charge in [0.15, 0.2) is 0 Å². The standard InChI is InChI=1S/C22H20N4O4/c1-13(21(27)29-3)5-15-7-20(18(11-25)12-26)16(6-14(2)22(28)30-4)8-19(15)17(9-23)10-24/h7-8,13-14H,5-6H2,1-4H3. The summed E-state index contributed by atoms with van der Waals surface area (Å²) in [6.07, 6.45) is 0.248. The van der Waals surface area contributed by atoms with Gasteiger partial charge < -0.3 is 9.47 Å². The Labute approximate surface area is 174 Å². The summed E-state index contributed by atoms with van der Waals surface area (Å²) in [7, 11) is 2.50. The first-order valence-corrected chi connectivity index (χ1v) is 8.94. The minimum absolute atomic E-state index is 0.124. The summed E-state index contributed by atoms with van der Waals surface area (Å²) < 4.78 is 9.47. The van der Waals surface area contributed by atoms with E-state index in [1.54, 1.807) is 13.8 Å². The minimum atomic E-state index is -0.590. The molecule has 0 aliphatic carbocycles. The smallest absolute Gasteiger partial charge is 0.308 e. The molecular formula is C22H20N4O4. The molecule has 0 saturated carbocycles. The van der Waals surface area contributed by atoms with Gasteiger partial charge in [0.2, 0.25) is 0 Å². The van der Waals surface area contributed by atoms with Crippen molar-refractivity contribution < 1.29 is 19.1 Å². The largest absolute Gasteiger partial charge is 0.469 e. The fourth-order valence-electron chi connectivity index (χ4n) is 3.01. The van der Waals surface area contributed by atoms with Crippen LogP contribution in [0.2, 0.25) is 0 Å². The fourth-order valence-corrected chi connectivity index (χ4v) is 3.01. The Morgan fingerprint density at radius 3 is 1.30 bits per heavy atom. The minimum Gasteiger partial charge on any atom is -0.469 e. The van der Waals surface area contributed by atoms with Gasteiger partial charge in [-0.25, -0.2) is 0 Å². The third kappa shape index (κ3) is 5.44. The van der Waals surface area contributed by atoms with E-state index in [2.05, 4.69) is 0 Å². The van der Waals surface area contributed by atoms with Crippen molar-refractivity contribution >= 4 is 23.1 Å². The molecule has 0 spiro atoms. The third-order valence-electron chi connectivity index (χ3n) is 4.57. The highest BCUT2D eigenvalue weighted by molar-refractivity contribution is 5.77. The molecule has 0 saturated heterocycles. The molecule has 0 aliphatic rings. The van der Waals surface area contributed by atoms with Crippen molar-refractivity contribution in [2.75, 3.05) is 14.2 Å². The Balaban J connectivity index is 3.96. The lowest BCUT2D eigenvalue weighted by atomic mass is 9.90. The van der Waals surface area contributed by atoms with E-state index in [-0.39, 0.29) is 34.4 Å². The highest BCUT2D eigenvalue weighted by atomic mass is 16.5. The lowest BCUT2D eigenvalue weighted by molar-refractivity contribution is -0.145. The van der Waals surface area contributed by atoms with E-state index < -0.39 is 23.8 Å². The molecule has 0 bridgehead atoms.